The predicted molar refractivity (Wildman–Crippen MR) is 106 cm³/mol. The fourth-order valence-electron chi connectivity index (χ4n) is 3.55. The van der Waals surface area contributed by atoms with E-state index in [0.29, 0.717) is 6.54 Å². The van der Waals surface area contributed by atoms with Crippen LogP contribution in [0, 0.1) is 0 Å². The topological polar surface area (TPSA) is 29.5 Å². The first kappa shape index (κ1) is 18.2. The van der Waals surface area contributed by atoms with Gasteiger partial charge in [0.1, 0.15) is 5.75 Å². The SMILES string of the molecule is CCCC/C(=C1\C(=O)N(Cc2ccccc2)C1C)c1ccc(OC)cc1. The summed E-state index contributed by atoms with van der Waals surface area (Å²) in [5, 5.41) is 0. The lowest BCUT2D eigenvalue weighted by atomic mass is 9.85. The van der Waals surface area contributed by atoms with E-state index in [1.165, 1.54) is 11.1 Å². The highest BCUT2D eigenvalue weighted by Gasteiger charge is 2.40. The van der Waals surface area contributed by atoms with Crippen LogP contribution in [0.15, 0.2) is 60.2 Å². The number of carbonyl (C=O) groups excluding carboxylic acids is 1. The van der Waals surface area contributed by atoms with Crippen molar-refractivity contribution in [3.05, 3.63) is 71.3 Å². The number of hydrogen-bond acceptors (Lipinski definition) is 2. The molecule has 136 valence electrons. The summed E-state index contributed by atoms with van der Waals surface area (Å²) in [6, 6.07) is 18.4. The minimum atomic E-state index is 0.150. The Balaban J connectivity index is 1.86. The van der Waals surface area contributed by atoms with Crippen LogP contribution in [0.25, 0.3) is 5.57 Å². The third-order valence-electron chi connectivity index (χ3n) is 5.12. The van der Waals surface area contributed by atoms with Gasteiger partial charge in [-0.15, -0.1) is 0 Å². The molecule has 0 N–H and O–H groups in total. The third-order valence-corrected chi connectivity index (χ3v) is 5.12. The van der Waals surface area contributed by atoms with Gasteiger partial charge in [0.05, 0.1) is 13.2 Å². The first-order valence-corrected chi connectivity index (χ1v) is 9.38. The quantitative estimate of drug-likeness (QED) is 0.516. The minimum Gasteiger partial charge on any atom is -0.497 e. The Morgan fingerprint density at radius 2 is 1.77 bits per heavy atom. The molecule has 1 fully saturated rings. The molecule has 0 radical (unpaired) electrons. The van der Waals surface area contributed by atoms with Crippen molar-refractivity contribution in [3.8, 4) is 5.75 Å². The predicted octanol–water partition coefficient (Wildman–Crippen LogP) is 5.07. The number of likely N-dealkylation sites (tertiary alicyclic amines) is 1. The van der Waals surface area contributed by atoms with Crippen LogP contribution in [0.4, 0.5) is 0 Å². The van der Waals surface area contributed by atoms with Crippen molar-refractivity contribution in [2.24, 2.45) is 0 Å². The van der Waals surface area contributed by atoms with E-state index in [4.69, 9.17) is 4.74 Å². The number of β-lactam (4-membered cyclic amide) rings is 1. The number of rotatable bonds is 7. The largest absolute Gasteiger partial charge is 0.497 e. The molecule has 0 bridgehead atoms. The molecule has 3 rings (SSSR count). The fourth-order valence-corrected chi connectivity index (χ4v) is 3.55. The summed E-state index contributed by atoms with van der Waals surface area (Å²) in [5.74, 6) is 1.01. The Morgan fingerprint density at radius 1 is 1.08 bits per heavy atom. The van der Waals surface area contributed by atoms with Gasteiger partial charge in [-0.2, -0.15) is 0 Å². The first-order valence-electron chi connectivity index (χ1n) is 9.38. The van der Waals surface area contributed by atoms with Gasteiger partial charge < -0.3 is 9.64 Å². The van der Waals surface area contributed by atoms with Crippen molar-refractivity contribution < 1.29 is 9.53 Å². The molecule has 1 amide bonds. The highest BCUT2D eigenvalue weighted by atomic mass is 16.5. The van der Waals surface area contributed by atoms with E-state index >= 15 is 0 Å². The molecule has 0 spiro atoms. The van der Waals surface area contributed by atoms with Crippen LogP contribution in [-0.4, -0.2) is 24.0 Å². The average Bonchev–Trinajstić information content (AvgIpc) is 2.70. The zero-order chi connectivity index (χ0) is 18.5. The molecule has 26 heavy (non-hydrogen) atoms. The Hall–Kier alpha value is -2.55. The van der Waals surface area contributed by atoms with Gasteiger partial charge in [-0.1, -0.05) is 55.8 Å². The smallest absolute Gasteiger partial charge is 0.252 e. The van der Waals surface area contributed by atoms with Crippen LogP contribution in [0.2, 0.25) is 0 Å². The molecule has 0 saturated carbocycles. The van der Waals surface area contributed by atoms with Gasteiger partial charge in [-0.05, 0) is 48.6 Å². The second-order valence-corrected chi connectivity index (χ2v) is 6.82. The van der Waals surface area contributed by atoms with Crippen molar-refractivity contribution in [2.45, 2.75) is 45.7 Å². The van der Waals surface area contributed by atoms with E-state index in [2.05, 4.69) is 38.1 Å². The number of hydrogen-bond donors (Lipinski definition) is 0. The van der Waals surface area contributed by atoms with E-state index < -0.39 is 0 Å². The molecule has 3 heteroatoms. The van der Waals surface area contributed by atoms with Gasteiger partial charge in [0, 0.05) is 12.1 Å². The molecule has 2 aromatic rings. The van der Waals surface area contributed by atoms with Crippen LogP contribution >= 0.6 is 0 Å². The summed E-state index contributed by atoms with van der Waals surface area (Å²) < 4.78 is 5.27. The number of carbonyl (C=O) groups is 1. The lowest BCUT2D eigenvalue weighted by Gasteiger charge is -2.42. The second-order valence-electron chi connectivity index (χ2n) is 6.82. The summed E-state index contributed by atoms with van der Waals surface area (Å²) in [6.45, 7) is 4.99. The summed E-state index contributed by atoms with van der Waals surface area (Å²) in [6.07, 6.45) is 3.14. The van der Waals surface area contributed by atoms with Crippen LogP contribution < -0.4 is 4.74 Å². The lowest BCUT2D eigenvalue weighted by molar-refractivity contribution is -0.137. The second kappa shape index (κ2) is 8.22. The number of ether oxygens (including phenoxy) is 1. The number of allylic oxidation sites excluding steroid dienone is 1. The van der Waals surface area contributed by atoms with Crippen LogP contribution in [0.3, 0.4) is 0 Å². The van der Waals surface area contributed by atoms with E-state index in [-0.39, 0.29) is 11.9 Å². The molecule has 1 atom stereocenters. The highest BCUT2D eigenvalue weighted by molar-refractivity contribution is 6.08. The molecule has 2 aromatic carbocycles. The van der Waals surface area contributed by atoms with E-state index in [0.717, 1.165) is 36.1 Å². The first-order chi connectivity index (χ1) is 12.7. The summed E-state index contributed by atoms with van der Waals surface area (Å²) in [5.41, 5.74) is 4.47. The minimum absolute atomic E-state index is 0.150. The van der Waals surface area contributed by atoms with Crippen LogP contribution in [-0.2, 0) is 11.3 Å². The zero-order valence-corrected chi connectivity index (χ0v) is 15.9. The number of amides is 1. The van der Waals surface area contributed by atoms with Gasteiger partial charge in [0.15, 0.2) is 0 Å². The van der Waals surface area contributed by atoms with Gasteiger partial charge in [0.2, 0.25) is 0 Å². The van der Waals surface area contributed by atoms with Crippen molar-refractivity contribution in [3.63, 3.8) is 0 Å². The zero-order valence-electron chi connectivity index (χ0n) is 15.9. The third kappa shape index (κ3) is 3.67. The number of methoxy groups -OCH3 is 1. The molecule has 1 aliphatic heterocycles. The highest BCUT2D eigenvalue weighted by Crippen LogP contribution is 2.37. The Bertz CT molecular complexity index is 778. The monoisotopic (exact) mass is 349 g/mol. The van der Waals surface area contributed by atoms with Gasteiger partial charge in [-0.25, -0.2) is 0 Å². The number of benzene rings is 2. The van der Waals surface area contributed by atoms with Crippen molar-refractivity contribution in [1.29, 1.82) is 0 Å². The maximum Gasteiger partial charge on any atom is 0.252 e. The van der Waals surface area contributed by atoms with E-state index in [1.807, 2.05) is 35.2 Å². The molecule has 0 aliphatic carbocycles. The van der Waals surface area contributed by atoms with Gasteiger partial charge >= 0.3 is 0 Å². The van der Waals surface area contributed by atoms with E-state index in [1.54, 1.807) is 7.11 Å². The fraction of sp³-hybridized carbons (Fsp3) is 0.348. The molecular formula is C23H27NO2. The van der Waals surface area contributed by atoms with Crippen LogP contribution in [0.1, 0.15) is 44.2 Å². The number of nitrogens with zero attached hydrogens (tertiary/aromatic N) is 1. The number of unbranched alkanes of at least 4 members (excludes halogenated alkanes) is 1. The maximum atomic E-state index is 12.9. The standard InChI is InChI=1S/C23H27NO2/c1-4-5-11-21(19-12-14-20(26-3)15-13-19)22-17(2)24(23(22)25)16-18-9-7-6-8-10-18/h6-10,12-15,17H,4-5,11,16H2,1-3H3/b22-21+. The molecular weight excluding hydrogens is 322 g/mol. The van der Waals surface area contributed by atoms with Crippen molar-refractivity contribution >= 4 is 11.5 Å². The van der Waals surface area contributed by atoms with E-state index in [9.17, 15) is 4.79 Å². The normalized spacial score (nSPS) is 18.5. The average molecular weight is 349 g/mol. The Labute approximate surface area is 156 Å². The Morgan fingerprint density at radius 3 is 2.35 bits per heavy atom. The molecule has 3 nitrogen and oxygen atoms in total. The van der Waals surface area contributed by atoms with Gasteiger partial charge in [-0.3, -0.25) is 4.79 Å². The van der Waals surface area contributed by atoms with Gasteiger partial charge in [0.25, 0.3) is 5.91 Å². The molecule has 1 saturated heterocycles. The maximum absolute atomic E-state index is 12.9. The van der Waals surface area contributed by atoms with Crippen LogP contribution in [0.5, 0.6) is 5.75 Å². The molecule has 1 aliphatic rings. The summed E-state index contributed by atoms with van der Waals surface area (Å²) in [7, 11) is 1.67. The molecule has 0 aromatic heterocycles. The lowest BCUT2D eigenvalue weighted by Crippen LogP contribution is -2.53. The summed E-state index contributed by atoms with van der Waals surface area (Å²) in [4.78, 5) is 14.9. The molecule has 1 unspecified atom stereocenters. The summed E-state index contributed by atoms with van der Waals surface area (Å²) >= 11 is 0. The van der Waals surface area contributed by atoms with Crippen molar-refractivity contribution in [1.82, 2.24) is 4.90 Å². The Kier molecular flexibility index (Phi) is 5.77. The molecule has 1 heterocycles. The van der Waals surface area contributed by atoms with Crippen molar-refractivity contribution in [2.75, 3.05) is 7.11 Å².